The summed E-state index contributed by atoms with van der Waals surface area (Å²) in [7, 11) is 1.94. The van der Waals surface area contributed by atoms with E-state index in [2.05, 4.69) is 29.5 Å². The molecular formula is C15H18ClN3O. The van der Waals surface area contributed by atoms with Gasteiger partial charge in [0.1, 0.15) is 5.75 Å². The second-order valence-corrected chi connectivity index (χ2v) is 5.29. The molecule has 2 aromatic rings. The van der Waals surface area contributed by atoms with Crippen LogP contribution in [-0.2, 0) is 13.0 Å². The van der Waals surface area contributed by atoms with Crippen LogP contribution in [0, 0.1) is 0 Å². The predicted octanol–water partition coefficient (Wildman–Crippen LogP) is 2.80. The number of fused-ring (bicyclic) bond motifs is 1. The number of aryl methyl sites for hydroxylation is 1. The quantitative estimate of drug-likeness (QED) is 0.941. The summed E-state index contributed by atoms with van der Waals surface area (Å²) in [5, 5.41) is 8.36. The molecule has 0 fully saturated rings. The number of hydrogen-bond acceptors (Lipinski definition) is 3. The largest absolute Gasteiger partial charge is 0.493 e. The van der Waals surface area contributed by atoms with Crippen molar-refractivity contribution >= 4 is 11.6 Å². The van der Waals surface area contributed by atoms with Crippen LogP contribution in [0.25, 0.3) is 0 Å². The minimum absolute atomic E-state index is 0.0378. The van der Waals surface area contributed by atoms with Gasteiger partial charge in [-0.15, -0.1) is 0 Å². The lowest BCUT2D eigenvalue weighted by atomic mass is 10.00. The number of ether oxygens (including phenoxy) is 1. The van der Waals surface area contributed by atoms with E-state index in [0.29, 0.717) is 5.02 Å². The Balaban J connectivity index is 2.03. The van der Waals surface area contributed by atoms with Crippen molar-refractivity contribution in [2.75, 3.05) is 13.7 Å². The average molecular weight is 292 g/mol. The zero-order valence-electron chi connectivity index (χ0n) is 11.7. The number of nitrogens with zero attached hydrogens (tertiary/aromatic N) is 2. The first-order valence-electron chi connectivity index (χ1n) is 6.88. The van der Waals surface area contributed by atoms with Gasteiger partial charge in [-0.25, -0.2) is 0 Å². The lowest BCUT2D eigenvalue weighted by Gasteiger charge is -2.19. The molecule has 1 aliphatic rings. The summed E-state index contributed by atoms with van der Waals surface area (Å²) in [5.41, 5.74) is 3.46. The molecule has 4 nitrogen and oxygen atoms in total. The van der Waals surface area contributed by atoms with E-state index < -0.39 is 0 Å². The zero-order valence-corrected chi connectivity index (χ0v) is 12.4. The fourth-order valence-electron chi connectivity index (χ4n) is 2.76. The second-order valence-electron chi connectivity index (χ2n) is 4.88. The summed E-state index contributed by atoms with van der Waals surface area (Å²) < 4.78 is 7.50. The molecule has 0 spiro atoms. The highest BCUT2D eigenvalue weighted by Gasteiger charge is 2.22. The fraction of sp³-hybridized carbons (Fsp3) is 0.400. The molecule has 0 saturated carbocycles. The predicted molar refractivity (Wildman–Crippen MR) is 79.5 cm³/mol. The van der Waals surface area contributed by atoms with E-state index in [0.717, 1.165) is 31.0 Å². The van der Waals surface area contributed by atoms with Gasteiger partial charge in [-0.05, 0) is 31.2 Å². The van der Waals surface area contributed by atoms with Crippen LogP contribution in [0.15, 0.2) is 24.4 Å². The highest BCUT2D eigenvalue weighted by atomic mass is 35.5. The molecular weight excluding hydrogens is 274 g/mol. The summed E-state index contributed by atoms with van der Waals surface area (Å²) in [5.74, 6) is 0.999. The first-order valence-corrected chi connectivity index (χ1v) is 7.26. The third-order valence-corrected chi connectivity index (χ3v) is 4.03. The molecule has 0 amide bonds. The summed E-state index contributed by atoms with van der Waals surface area (Å²) in [4.78, 5) is 0. The van der Waals surface area contributed by atoms with E-state index in [9.17, 15) is 0 Å². The van der Waals surface area contributed by atoms with Gasteiger partial charge in [0.2, 0.25) is 0 Å². The fourth-order valence-corrected chi connectivity index (χ4v) is 3.01. The van der Waals surface area contributed by atoms with Crippen LogP contribution in [0.4, 0.5) is 0 Å². The second kappa shape index (κ2) is 5.46. The van der Waals surface area contributed by atoms with Crippen LogP contribution >= 0.6 is 11.6 Å². The van der Waals surface area contributed by atoms with E-state index in [-0.39, 0.29) is 6.04 Å². The molecule has 106 valence electrons. The maximum Gasteiger partial charge on any atom is 0.122 e. The van der Waals surface area contributed by atoms with Crippen molar-refractivity contribution in [3.8, 4) is 5.75 Å². The van der Waals surface area contributed by atoms with Gasteiger partial charge in [-0.2, -0.15) is 5.10 Å². The molecule has 1 aromatic carbocycles. The SMILES string of the molecule is CCn1ncc(Cl)c1C(NC)c1ccc2c(c1)CCO2. The van der Waals surface area contributed by atoms with Crippen molar-refractivity contribution in [3.05, 3.63) is 46.2 Å². The Bertz CT molecular complexity index is 624. The van der Waals surface area contributed by atoms with Crippen LogP contribution in [-0.4, -0.2) is 23.4 Å². The van der Waals surface area contributed by atoms with Gasteiger partial charge in [0, 0.05) is 13.0 Å². The molecule has 0 radical (unpaired) electrons. The van der Waals surface area contributed by atoms with E-state index in [1.807, 2.05) is 17.8 Å². The molecule has 3 rings (SSSR count). The van der Waals surface area contributed by atoms with Crippen LogP contribution < -0.4 is 10.1 Å². The lowest BCUT2D eigenvalue weighted by molar-refractivity contribution is 0.357. The first kappa shape index (κ1) is 13.5. The molecule has 1 atom stereocenters. The third-order valence-electron chi connectivity index (χ3n) is 3.74. The molecule has 20 heavy (non-hydrogen) atoms. The molecule has 1 N–H and O–H groups in total. The molecule has 0 saturated heterocycles. The van der Waals surface area contributed by atoms with E-state index >= 15 is 0 Å². The third kappa shape index (κ3) is 2.19. The van der Waals surface area contributed by atoms with Gasteiger partial charge in [0.25, 0.3) is 0 Å². The van der Waals surface area contributed by atoms with Gasteiger partial charge >= 0.3 is 0 Å². The number of nitrogens with one attached hydrogen (secondary N) is 1. The Morgan fingerprint density at radius 2 is 2.35 bits per heavy atom. The number of benzene rings is 1. The van der Waals surface area contributed by atoms with E-state index in [1.165, 1.54) is 11.1 Å². The Hall–Kier alpha value is -1.52. The van der Waals surface area contributed by atoms with Crippen molar-refractivity contribution in [2.45, 2.75) is 25.9 Å². The van der Waals surface area contributed by atoms with Crippen molar-refractivity contribution in [2.24, 2.45) is 0 Å². The molecule has 1 aromatic heterocycles. The van der Waals surface area contributed by atoms with Crippen LogP contribution in [0.2, 0.25) is 5.02 Å². The van der Waals surface area contributed by atoms with E-state index in [4.69, 9.17) is 16.3 Å². The van der Waals surface area contributed by atoms with Gasteiger partial charge in [-0.1, -0.05) is 23.7 Å². The molecule has 0 bridgehead atoms. The standard InChI is InChI=1S/C15H18ClN3O/c1-3-19-15(12(16)9-18-19)14(17-2)11-4-5-13-10(8-11)6-7-20-13/h4-5,8-9,14,17H,3,6-7H2,1-2H3. The van der Waals surface area contributed by atoms with Crippen molar-refractivity contribution < 1.29 is 4.74 Å². The summed E-state index contributed by atoms with van der Waals surface area (Å²) in [6.07, 6.45) is 2.68. The lowest BCUT2D eigenvalue weighted by Crippen LogP contribution is -2.21. The van der Waals surface area contributed by atoms with Gasteiger partial charge in [0.05, 0.1) is 29.6 Å². The molecule has 0 aliphatic carbocycles. The molecule has 2 heterocycles. The normalized spacial score (nSPS) is 14.9. The average Bonchev–Trinajstić information content (AvgIpc) is 3.07. The smallest absolute Gasteiger partial charge is 0.122 e. The Kier molecular flexibility index (Phi) is 3.68. The Labute approximate surface area is 123 Å². The topological polar surface area (TPSA) is 39.1 Å². The Morgan fingerprint density at radius 3 is 3.10 bits per heavy atom. The molecule has 1 aliphatic heterocycles. The van der Waals surface area contributed by atoms with Crippen molar-refractivity contribution in [1.29, 1.82) is 0 Å². The van der Waals surface area contributed by atoms with Crippen molar-refractivity contribution in [1.82, 2.24) is 15.1 Å². The van der Waals surface area contributed by atoms with Crippen LogP contribution in [0.1, 0.15) is 29.8 Å². The minimum Gasteiger partial charge on any atom is -0.493 e. The molecule has 1 unspecified atom stereocenters. The summed E-state index contributed by atoms with van der Waals surface area (Å²) in [6.45, 7) is 3.64. The number of halogens is 1. The van der Waals surface area contributed by atoms with Crippen molar-refractivity contribution in [3.63, 3.8) is 0 Å². The van der Waals surface area contributed by atoms with Gasteiger partial charge in [-0.3, -0.25) is 4.68 Å². The van der Waals surface area contributed by atoms with E-state index in [1.54, 1.807) is 6.20 Å². The van der Waals surface area contributed by atoms with Gasteiger partial charge in [0.15, 0.2) is 0 Å². The minimum atomic E-state index is 0.0378. The van der Waals surface area contributed by atoms with Crippen LogP contribution in [0.5, 0.6) is 5.75 Å². The monoisotopic (exact) mass is 291 g/mol. The number of aromatic nitrogens is 2. The summed E-state index contributed by atoms with van der Waals surface area (Å²) >= 11 is 6.32. The highest BCUT2D eigenvalue weighted by molar-refractivity contribution is 6.31. The zero-order chi connectivity index (χ0) is 14.1. The maximum absolute atomic E-state index is 6.32. The number of hydrogen-bond donors (Lipinski definition) is 1. The summed E-state index contributed by atoms with van der Waals surface area (Å²) in [6, 6.07) is 6.38. The van der Waals surface area contributed by atoms with Gasteiger partial charge < -0.3 is 10.1 Å². The Morgan fingerprint density at radius 1 is 1.50 bits per heavy atom. The molecule has 5 heteroatoms. The number of rotatable bonds is 4. The first-order chi connectivity index (χ1) is 9.74. The van der Waals surface area contributed by atoms with Crippen LogP contribution in [0.3, 0.4) is 0 Å². The maximum atomic E-state index is 6.32. The highest BCUT2D eigenvalue weighted by Crippen LogP contribution is 2.32.